The molecule has 0 amide bonds. The van der Waals surface area contributed by atoms with E-state index in [4.69, 9.17) is 23.8 Å². The minimum absolute atomic E-state index is 0.0590. The number of rotatable bonds is 2. The van der Waals surface area contributed by atoms with Crippen molar-refractivity contribution < 1.29 is 5.11 Å². The van der Waals surface area contributed by atoms with E-state index in [0.717, 1.165) is 5.69 Å². The molecule has 0 aliphatic heterocycles. The molecule has 6 heteroatoms. The van der Waals surface area contributed by atoms with E-state index in [1.165, 1.54) is 6.07 Å². The van der Waals surface area contributed by atoms with Crippen LogP contribution >= 0.6 is 23.8 Å². The number of benzene rings is 2. The van der Waals surface area contributed by atoms with E-state index in [-0.39, 0.29) is 5.75 Å². The molecule has 0 aliphatic rings. The van der Waals surface area contributed by atoms with Gasteiger partial charge >= 0.3 is 0 Å². The van der Waals surface area contributed by atoms with Gasteiger partial charge in [0.15, 0.2) is 10.6 Å². The number of hydrogen-bond donors (Lipinski definition) is 2. The van der Waals surface area contributed by atoms with Gasteiger partial charge < -0.3 is 5.11 Å². The molecule has 2 aromatic carbocycles. The minimum atomic E-state index is 0.0590. The van der Waals surface area contributed by atoms with Crippen LogP contribution in [0.1, 0.15) is 0 Å². The molecule has 100 valence electrons. The normalized spacial score (nSPS) is 10.7. The van der Waals surface area contributed by atoms with Gasteiger partial charge in [0.2, 0.25) is 0 Å². The van der Waals surface area contributed by atoms with E-state index >= 15 is 0 Å². The first-order valence-electron chi connectivity index (χ1n) is 5.88. The topological polar surface area (TPSA) is 53.8 Å². The number of aromatic amines is 1. The molecule has 0 unspecified atom stereocenters. The van der Waals surface area contributed by atoms with Gasteiger partial charge in [-0.3, -0.25) is 9.67 Å². The summed E-state index contributed by atoms with van der Waals surface area (Å²) in [6.45, 7) is 0. The number of aromatic nitrogens is 3. The molecule has 0 bridgehead atoms. The van der Waals surface area contributed by atoms with E-state index in [2.05, 4.69) is 10.2 Å². The molecule has 0 atom stereocenters. The number of halogens is 1. The summed E-state index contributed by atoms with van der Waals surface area (Å²) in [4.78, 5) is 0. The number of hydrogen-bond acceptors (Lipinski definition) is 3. The Kier molecular flexibility index (Phi) is 3.30. The average molecular weight is 304 g/mol. The van der Waals surface area contributed by atoms with Crippen molar-refractivity contribution in [2.24, 2.45) is 0 Å². The molecule has 0 saturated carbocycles. The Morgan fingerprint density at radius 1 is 1.15 bits per heavy atom. The Morgan fingerprint density at radius 2 is 1.90 bits per heavy atom. The monoisotopic (exact) mass is 303 g/mol. The molecule has 0 saturated heterocycles. The van der Waals surface area contributed by atoms with Crippen LogP contribution in [0.5, 0.6) is 5.75 Å². The van der Waals surface area contributed by atoms with Gasteiger partial charge in [-0.1, -0.05) is 29.8 Å². The van der Waals surface area contributed by atoms with Crippen molar-refractivity contribution in [3.05, 3.63) is 58.3 Å². The fraction of sp³-hybridized carbons (Fsp3) is 0. The van der Waals surface area contributed by atoms with Gasteiger partial charge in [0.05, 0.1) is 5.56 Å². The Hall–Kier alpha value is -2.11. The lowest BCUT2D eigenvalue weighted by atomic mass is 10.2. The summed E-state index contributed by atoms with van der Waals surface area (Å²) >= 11 is 11.1. The van der Waals surface area contributed by atoms with E-state index in [0.29, 0.717) is 21.2 Å². The largest absolute Gasteiger partial charge is 0.507 e. The number of H-pyrrole nitrogens is 1. The fourth-order valence-electron chi connectivity index (χ4n) is 1.99. The molecular weight excluding hydrogens is 294 g/mol. The number of nitrogens with one attached hydrogen (secondary N) is 1. The Balaban J connectivity index is 2.24. The summed E-state index contributed by atoms with van der Waals surface area (Å²) < 4.78 is 2.22. The lowest BCUT2D eigenvalue weighted by molar-refractivity contribution is 0.477. The second-order valence-corrected chi connectivity index (χ2v) is 5.01. The molecule has 0 aliphatic carbocycles. The molecule has 1 heterocycles. The number of para-hydroxylation sites is 1. The Bertz CT molecular complexity index is 811. The van der Waals surface area contributed by atoms with Crippen LogP contribution in [0, 0.1) is 4.77 Å². The molecule has 0 radical (unpaired) electrons. The van der Waals surface area contributed by atoms with E-state index in [9.17, 15) is 5.11 Å². The summed E-state index contributed by atoms with van der Waals surface area (Å²) in [6, 6.07) is 14.5. The third-order valence-corrected chi connectivity index (χ3v) is 3.40. The van der Waals surface area contributed by atoms with Crippen molar-refractivity contribution in [1.82, 2.24) is 14.8 Å². The lowest BCUT2D eigenvalue weighted by Crippen LogP contribution is -1.97. The predicted octanol–water partition coefficient (Wildman–Crippen LogP) is 3.96. The quantitative estimate of drug-likeness (QED) is 0.705. The second kappa shape index (κ2) is 5.11. The van der Waals surface area contributed by atoms with Crippen LogP contribution in [0.3, 0.4) is 0 Å². The van der Waals surface area contributed by atoms with Gasteiger partial charge in [-0.2, -0.15) is 5.10 Å². The van der Waals surface area contributed by atoms with Crippen molar-refractivity contribution in [3.8, 4) is 22.8 Å². The molecule has 3 rings (SSSR count). The van der Waals surface area contributed by atoms with Crippen molar-refractivity contribution in [3.63, 3.8) is 0 Å². The first kappa shape index (κ1) is 12.9. The Morgan fingerprint density at radius 3 is 2.60 bits per heavy atom. The predicted molar refractivity (Wildman–Crippen MR) is 80.9 cm³/mol. The molecule has 2 N–H and O–H groups in total. The average Bonchev–Trinajstić information content (AvgIpc) is 2.81. The van der Waals surface area contributed by atoms with Gasteiger partial charge in [-0.25, -0.2) is 0 Å². The summed E-state index contributed by atoms with van der Waals surface area (Å²) in [5, 5.41) is 17.4. The summed E-state index contributed by atoms with van der Waals surface area (Å²) in [7, 11) is 0. The highest BCUT2D eigenvalue weighted by Crippen LogP contribution is 2.31. The standard InChI is InChI=1S/C14H10ClN3OS/c15-9-6-7-11(12(19)8-9)13-16-17-14(20)18(13)10-4-2-1-3-5-10/h1-8,19H,(H,17,20). The molecule has 0 fully saturated rings. The van der Waals surface area contributed by atoms with Gasteiger partial charge in [-0.05, 0) is 42.5 Å². The van der Waals surface area contributed by atoms with Gasteiger partial charge in [0.1, 0.15) is 5.75 Å². The molecule has 20 heavy (non-hydrogen) atoms. The van der Waals surface area contributed by atoms with Crippen molar-refractivity contribution in [1.29, 1.82) is 0 Å². The van der Waals surface area contributed by atoms with E-state index < -0.39 is 0 Å². The summed E-state index contributed by atoms with van der Waals surface area (Å²) in [5.74, 6) is 0.596. The van der Waals surface area contributed by atoms with Crippen molar-refractivity contribution >= 4 is 23.8 Å². The molecular formula is C14H10ClN3OS. The highest BCUT2D eigenvalue weighted by Gasteiger charge is 2.14. The van der Waals surface area contributed by atoms with E-state index in [1.807, 2.05) is 30.3 Å². The van der Waals surface area contributed by atoms with Crippen LogP contribution in [0.4, 0.5) is 0 Å². The maximum absolute atomic E-state index is 10.0. The lowest BCUT2D eigenvalue weighted by Gasteiger charge is -2.08. The van der Waals surface area contributed by atoms with Crippen LogP contribution in [-0.2, 0) is 0 Å². The summed E-state index contributed by atoms with van der Waals surface area (Å²) in [5.41, 5.74) is 1.43. The number of aromatic hydroxyl groups is 1. The molecule has 0 spiro atoms. The zero-order chi connectivity index (χ0) is 14.1. The second-order valence-electron chi connectivity index (χ2n) is 4.18. The zero-order valence-electron chi connectivity index (χ0n) is 10.2. The number of nitrogens with zero attached hydrogens (tertiary/aromatic N) is 2. The van der Waals surface area contributed by atoms with Crippen LogP contribution in [0.15, 0.2) is 48.5 Å². The summed E-state index contributed by atoms with van der Waals surface area (Å²) in [6.07, 6.45) is 0. The highest BCUT2D eigenvalue weighted by atomic mass is 35.5. The third-order valence-electron chi connectivity index (χ3n) is 2.89. The van der Waals surface area contributed by atoms with Crippen LogP contribution in [0.25, 0.3) is 17.1 Å². The fourth-order valence-corrected chi connectivity index (χ4v) is 2.39. The first-order valence-corrected chi connectivity index (χ1v) is 6.67. The minimum Gasteiger partial charge on any atom is -0.507 e. The number of phenolic OH excluding ortho intramolecular Hbond substituents is 1. The van der Waals surface area contributed by atoms with Crippen LogP contribution in [-0.4, -0.2) is 19.9 Å². The molecule has 4 nitrogen and oxygen atoms in total. The smallest absolute Gasteiger partial charge is 0.200 e. The first-order chi connectivity index (χ1) is 9.66. The van der Waals surface area contributed by atoms with Crippen LogP contribution in [0.2, 0.25) is 5.02 Å². The van der Waals surface area contributed by atoms with Gasteiger partial charge in [0.25, 0.3) is 0 Å². The Labute approximate surface area is 125 Å². The third kappa shape index (κ3) is 2.21. The van der Waals surface area contributed by atoms with Crippen LogP contribution < -0.4 is 0 Å². The highest BCUT2D eigenvalue weighted by molar-refractivity contribution is 7.71. The van der Waals surface area contributed by atoms with E-state index in [1.54, 1.807) is 16.7 Å². The van der Waals surface area contributed by atoms with Crippen molar-refractivity contribution in [2.75, 3.05) is 0 Å². The molecule has 3 aromatic rings. The van der Waals surface area contributed by atoms with Gasteiger partial charge in [0, 0.05) is 10.7 Å². The maximum atomic E-state index is 10.0. The SMILES string of the molecule is Oc1cc(Cl)ccc1-c1n[nH]c(=S)n1-c1ccccc1. The molecule has 1 aromatic heterocycles. The van der Waals surface area contributed by atoms with Gasteiger partial charge in [-0.15, -0.1) is 0 Å². The number of phenols is 1. The maximum Gasteiger partial charge on any atom is 0.200 e. The van der Waals surface area contributed by atoms with Crippen molar-refractivity contribution in [2.45, 2.75) is 0 Å². The zero-order valence-corrected chi connectivity index (χ0v) is 11.8.